The molecule has 0 bridgehead atoms. The van der Waals surface area contributed by atoms with Gasteiger partial charge in [-0.05, 0) is 14.1 Å². The first-order valence-corrected chi connectivity index (χ1v) is 8.45. The van der Waals surface area contributed by atoms with Gasteiger partial charge in [-0.1, -0.05) is 0 Å². The van der Waals surface area contributed by atoms with E-state index in [1.54, 1.807) is 0 Å². The van der Waals surface area contributed by atoms with Crippen LogP contribution in [0.25, 0.3) is 0 Å². The highest BCUT2D eigenvalue weighted by atomic mass is 15.4. The summed E-state index contributed by atoms with van der Waals surface area (Å²) in [6, 6.07) is 0. The molecule has 2 saturated heterocycles. The van der Waals surface area contributed by atoms with E-state index >= 15 is 0 Å². The molecular weight excluding hydrogens is 248 g/mol. The molecule has 0 radical (unpaired) electrons. The van der Waals surface area contributed by atoms with Crippen LogP contribution in [-0.2, 0) is 0 Å². The van der Waals surface area contributed by atoms with E-state index < -0.39 is 0 Å². The Bertz CT molecular complexity index is 259. The number of rotatable bonds is 5. The zero-order valence-corrected chi connectivity index (χ0v) is 14.3. The Balaban J connectivity index is 1.64. The highest BCUT2D eigenvalue weighted by Crippen LogP contribution is 2.14. The van der Waals surface area contributed by atoms with Crippen molar-refractivity contribution < 1.29 is 8.97 Å². The largest absolute Gasteiger partial charge is 0.324 e. The predicted molar refractivity (Wildman–Crippen MR) is 85.8 cm³/mol. The molecule has 2 heterocycles. The second-order valence-electron chi connectivity index (χ2n) is 7.89. The lowest BCUT2D eigenvalue weighted by Gasteiger charge is -2.42. The maximum atomic E-state index is 2.47. The average Bonchev–Trinajstić information content (AvgIpc) is 2.43. The van der Waals surface area contributed by atoms with Crippen LogP contribution >= 0.6 is 0 Å². The van der Waals surface area contributed by atoms with Gasteiger partial charge in [-0.3, -0.25) is 9.80 Å². The van der Waals surface area contributed by atoms with Gasteiger partial charge in [0.2, 0.25) is 0 Å². The van der Waals surface area contributed by atoms with Gasteiger partial charge in [-0.15, -0.1) is 0 Å². The van der Waals surface area contributed by atoms with Crippen molar-refractivity contribution >= 4 is 0 Å². The van der Waals surface area contributed by atoms with Gasteiger partial charge in [0.05, 0.1) is 53.4 Å². The molecule has 118 valence electrons. The van der Waals surface area contributed by atoms with Gasteiger partial charge >= 0.3 is 0 Å². The van der Waals surface area contributed by atoms with E-state index in [4.69, 9.17) is 0 Å². The Morgan fingerprint density at radius 1 is 0.650 bits per heavy atom. The van der Waals surface area contributed by atoms with Crippen molar-refractivity contribution in [1.82, 2.24) is 9.80 Å². The Hall–Kier alpha value is -0.160. The van der Waals surface area contributed by atoms with Gasteiger partial charge in [0, 0.05) is 39.0 Å². The second-order valence-corrected chi connectivity index (χ2v) is 7.89. The molecule has 0 aromatic rings. The zero-order chi connectivity index (χ0) is 14.6. The van der Waals surface area contributed by atoms with Crippen LogP contribution in [0.5, 0.6) is 0 Å². The van der Waals surface area contributed by atoms with Crippen LogP contribution < -0.4 is 0 Å². The van der Waals surface area contributed by atoms with Crippen molar-refractivity contribution in [3.05, 3.63) is 0 Å². The molecule has 2 rings (SSSR count). The fourth-order valence-corrected chi connectivity index (χ4v) is 3.53. The Morgan fingerprint density at radius 3 is 1.25 bits per heavy atom. The van der Waals surface area contributed by atoms with Crippen LogP contribution in [0.4, 0.5) is 0 Å². The number of nitrogens with zero attached hydrogens (tertiary/aromatic N) is 4. The van der Waals surface area contributed by atoms with Crippen molar-refractivity contribution in [2.45, 2.75) is 12.8 Å². The van der Waals surface area contributed by atoms with Crippen LogP contribution in [0.1, 0.15) is 12.8 Å². The third kappa shape index (κ3) is 4.69. The van der Waals surface area contributed by atoms with Crippen LogP contribution in [-0.4, -0.2) is 112 Å². The highest BCUT2D eigenvalue weighted by Gasteiger charge is 2.29. The lowest BCUT2D eigenvalue weighted by Crippen LogP contribution is -2.57. The van der Waals surface area contributed by atoms with E-state index in [-0.39, 0.29) is 0 Å². The lowest BCUT2D eigenvalue weighted by molar-refractivity contribution is -0.919. The average molecular weight is 284 g/mol. The fraction of sp³-hybridized carbons (Fsp3) is 1.00. The van der Waals surface area contributed by atoms with E-state index in [0.717, 1.165) is 0 Å². The van der Waals surface area contributed by atoms with E-state index in [0.29, 0.717) is 0 Å². The van der Waals surface area contributed by atoms with Crippen molar-refractivity contribution in [3.63, 3.8) is 0 Å². The van der Waals surface area contributed by atoms with Crippen molar-refractivity contribution in [3.8, 4) is 0 Å². The first-order chi connectivity index (χ1) is 9.41. The minimum atomic E-state index is 1.27. The molecule has 0 N–H and O–H groups in total. The normalized spacial score (nSPS) is 27.6. The van der Waals surface area contributed by atoms with Gasteiger partial charge in [0.15, 0.2) is 0 Å². The van der Waals surface area contributed by atoms with Crippen molar-refractivity contribution in [2.75, 3.05) is 93.6 Å². The molecule has 4 heteroatoms. The molecule has 20 heavy (non-hydrogen) atoms. The van der Waals surface area contributed by atoms with Gasteiger partial charge in [-0.25, -0.2) is 0 Å². The number of unbranched alkanes of at least 4 members (excludes halogenated alkanes) is 1. The molecule has 0 saturated carbocycles. The number of hydrogen-bond acceptors (Lipinski definition) is 2. The fourth-order valence-electron chi connectivity index (χ4n) is 3.53. The highest BCUT2D eigenvalue weighted by molar-refractivity contribution is 4.60. The molecule has 4 nitrogen and oxygen atoms in total. The molecule has 0 aromatic heterocycles. The van der Waals surface area contributed by atoms with Crippen LogP contribution in [0.3, 0.4) is 0 Å². The minimum absolute atomic E-state index is 1.27. The molecule has 0 amide bonds. The molecule has 0 atom stereocenters. The quantitative estimate of drug-likeness (QED) is 0.537. The van der Waals surface area contributed by atoms with Crippen LogP contribution in [0.2, 0.25) is 0 Å². The maximum Gasteiger partial charge on any atom is 0.0914 e. The van der Waals surface area contributed by atoms with Gasteiger partial charge in [-0.2, -0.15) is 0 Å². The number of likely N-dealkylation sites (N-methyl/N-ethyl adjacent to an activating group) is 4. The standard InChI is InChI=1S/C16H36N4/c1-17-7-13-19(3,14-8-17)11-5-6-12-20(4)15-9-18(2)10-16-20/h5-16H2,1-4H3/q+2. The Kier molecular flexibility index (Phi) is 5.46. The van der Waals surface area contributed by atoms with E-state index in [1.165, 1.54) is 87.3 Å². The molecule has 0 aliphatic carbocycles. The molecule has 0 unspecified atom stereocenters. The predicted octanol–water partition coefficient (Wildman–Crippen LogP) is 0.551. The third-order valence-corrected chi connectivity index (χ3v) is 5.73. The summed E-state index contributed by atoms with van der Waals surface area (Å²) in [4.78, 5) is 4.94. The minimum Gasteiger partial charge on any atom is -0.324 e. The monoisotopic (exact) mass is 284 g/mol. The summed E-state index contributed by atoms with van der Waals surface area (Å²) in [5, 5.41) is 0. The van der Waals surface area contributed by atoms with Gasteiger partial charge < -0.3 is 8.97 Å². The first-order valence-electron chi connectivity index (χ1n) is 8.45. The number of hydrogen-bond donors (Lipinski definition) is 0. The molecular formula is C16H36N4+2. The summed E-state index contributed by atoms with van der Waals surface area (Å²) in [5.41, 5.74) is 0. The summed E-state index contributed by atoms with van der Waals surface area (Å²) < 4.78 is 2.60. The van der Waals surface area contributed by atoms with Crippen molar-refractivity contribution in [1.29, 1.82) is 0 Å². The second kappa shape index (κ2) is 6.73. The summed E-state index contributed by atoms with van der Waals surface area (Å²) >= 11 is 0. The van der Waals surface area contributed by atoms with E-state index in [1.807, 2.05) is 0 Å². The number of piperazine rings is 2. The lowest BCUT2D eigenvalue weighted by atomic mass is 10.2. The molecule has 0 aromatic carbocycles. The third-order valence-electron chi connectivity index (χ3n) is 5.73. The van der Waals surface area contributed by atoms with E-state index in [9.17, 15) is 0 Å². The van der Waals surface area contributed by atoms with Crippen LogP contribution in [0, 0.1) is 0 Å². The molecule has 0 spiro atoms. The van der Waals surface area contributed by atoms with Gasteiger partial charge in [0.1, 0.15) is 0 Å². The van der Waals surface area contributed by atoms with Gasteiger partial charge in [0.25, 0.3) is 0 Å². The molecule has 2 aliphatic rings. The maximum absolute atomic E-state index is 2.47. The summed E-state index contributed by atoms with van der Waals surface area (Å²) in [6.07, 6.45) is 2.81. The first kappa shape index (κ1) is 16.2. The summed E-state index contributed by atoms with van der Waals surface area (Å²) in [5.74, 6) is 0. The Morgan fingerprint density at radius 2 is 0.950 bits per heavy atom. The SMILES string of the molecule is CN1CC[N+](C)(CCCC[N+]2(C)CCN(C)CC2)CC1. The molecule has 2 fully saturated rings. The van der Waals surface area contributed by atoms with Crippen LogP contribution in [0.15, 0.2) is 0 Å². The van der Waals surface area contributed by atoms with Crippen molar-refractivity contribution in [2.24, 2.45) is 0 Å². The smallest absolute Gasteiger partial charge is 0.0914 e. The summed E-state index contributed by atoms with van der Waals surface area (Å²) in [7, 11) is 9.42. The zero-order valence-electron chi connectivity index (χ0n) is 14.3. The van der Waals surface area contributed by atoms with E-state index in [2.05, 4.69) is 38.0 Å². The topological polar surface area (TPSA) is 6.48 Å². The Labute approximate surface area is 126 Å². The summed E-state index contributed by atoms with van der Waals surface area (Å²) in [6.45, 7) is 13.2. The molecule has 2 aliphatic heterocycles. The number of quaternary nitrogens is 2.